The largest absolute Gasteiger partial charge is 0.493 e. The second-order valence-electron chi connectivity index (χ2n) is 10.6. The number of nitrogens with zero attached hydrogens (tertiary/aromatic N) is 2. The Hall–Kier alpha value is -3.57. The zero-order chi connectivity index (χ0) is 33.1. The van der Waals surface area contributed by atoms with Crippen molar-refractivity contribution in [3.63, 3.8) is 0 Å². The molecular weight excluding hydrogens is 715 g/mol. The van der Waals surface area contributed by atoms with Crippen molar-refractivity contribution in [1.29, 1.82) is 0 Å². The summed E-state index contributed by atoms with van der Waals surface area (Å²) in [5, 5.41) is 1.03. The molecule has 3 aromatic carbocycles. The number of ether oxygens (including phenoxy) is 4. The van der Waals surface area contributed by atoms with Crippen LogP contribution in [0.3, 0.4) is 0 Å². The fraction of sp³-hybridized carbons (Fsp3) is 0.265. The van der Waals surface area contributed by atoms with Gasteiger partial charge in [-0.05, 0) is 81.8 Å². The second kappa shape index (κ2) is 14.5. The molecule has 1 aliphatic heterocycles. The number of aromatic nitrogens is 1. The van der Waals surface area contributed by atoms with Gasteiger partial charge in [-0.15, -0.1) is 0 Å². The number of hydrogen-bond acceptors (Lipinski definition) is 8. The van der Waals surface area contributed by atoms with Crippen molar-refractivity contribution in [3.8, 4) is 17.2 Å². The van der Waals surface area contributed by atoms with Crippen LogP contribution in [0.4, 0.5) is 0 Å². The molecule has 1 atom stereocenters. The predicted molar refractivity (Wildman–Crippen MR) is 184 cm³/mol. The number of esters is 1. The summed E-state index contributed by atoms with van der Waals surface area (Å²) in [5.41, 5.74) is 2.48. The van der Waals surface area contributed by atoms with E-state index in [1.54, 1.807) is 57.4 Å². The van der Waals surface area contributed by atoms with E-state index in [9.17, 15) is 9.59 Å². The highest BCUT2D eigenvalue weighted by atomic mass is 79.9. The Morgan fingerprint density at radius 2 is 1.85 bits per heavy atom. The molecule has 12 heteroatoms. The molecule has 46 heavy (non-hydrogen) atoms. The van der Waals surface area contributed by atoms with Gasteiger partial charge in [0.05, 0.1) is 41.7 Å². The number of methoxy groups -OCH3 is 1. The first-order valence-corrected chi connectivity index (χ1v) is 16.8. The van der Waals surface area contributed by atoms with E-state index in [1.807, 2.05) is 38.1 Å². The molecule has 0 bridgehead atoms. The van der Waals surface area contributed by atoms with Crippen molar-refractivity contribution in [1.82, 2.24) is 4.57 Å². The van der Waals surface area contributed by atoms with E-state index in [4.69, 9.17) is 42.1 Å². The van der Waals surface area contributed by atoms with Crippen LogP contribution in [0.1, 0.15) is 50.4 Å². The van der Waals surface area contributed by atoms with Crippen molar-refractivity contribution in [3.05, 3.63) is 117 Å². The summed E-state index contributed by atoms with van der Waals surface area (Å²) >= 11 is 17.2. The highest BCUT2D eigenvalue weighted by Crippen LogP contribution is 2.36. The number of thiazole rings is 1. The third-order valence-electron chi connectivity index (χ3n) is 7.04. The minimum Gasteiger partial charge on any atom is -0.493 e. The van der Waals surface area contributed by atoms with E-state index >= 15 is 0 Å². The molecule has 0 spiro atoms. The van der Waals surface area contributed by atoms with Crippen molar-refractivity contribution in [2.24, 2.45) is 4.99 Å². The molecule has 0 radical (unpaired) electrons. The molecule has 8 nitrogen and oxygen atoms in total. The molecule has 1 aromatic heterocycles. The standard InChI is InChI=1S/C34H31BrCl2N2O6S/c1-6-43-33(41)30-19(4)38-34-39(31(30)20-8-11-27(45-18(2)3)28(14-20)42-5)32(40)29(46-34)15-22-13-23(35)9-12-26(22)44-17-21-7-10-24(36)16-25(21)37/h7-16,18,31H,6,17H2,1-5H3/b29-15-/t31-/m1/s1. The van der Waals surface area contributed by atoms with Gasteiger partial charge in [0.25, 0.3) is 5.56 Å². The smallest absolute Gasteiger partial charge is 0.338 e. The van der Waals surface area contributed by atoms with Gasteiger partial charge >= 0.3 is 5.97 Å². The Morgan fingerprint density at radius 3 is 2.54 bits per heavy atom. The van der Waals surface area contributed by atoms with E-state index in [2.05, 4.69) is 20.9 Å². The summed E-state index contributed by atoms with van der Waals surface area (Å²) in [7, 11) is 1.55. The molecule has 0 fully saturated rings. The van der Waals surface area contributed by atoms with Crippen molar-refractivity contribution >= 4 is 62.5 Å². The average molecular weight is 747 g/mol. The Kier molecular flexibility index (Phi) is 10.6. The molecule has 240 valence electrons. The van der Waals surface area contributed by atoms with Gasteiger partial charge in [-0.3, -0.25) is 9.36 Å². The zero-order valence-electron chi connectivity index (χ0n) is 25.7. The van der Waals surface area contributed by atoms with Crippen molar-refractivity contribution < 1.29 is 23.7 Å². The molecule has 0 unspecified atom stereocenters. The van der Waals surface area contributed by atoms with Crippen LogP contribution in [-0.2, 0) is 16.1 Å². The maximum atomic E-state index is 14.2. The number of rotatable bonds is 10. The van der Waals surface area contributed by atoms with Crippen LogP contribution >= 0.6 is 50.5 Å². The molecule has 5 rings (SSSR count). The van der Waals surface area contributed by atoms with Crippen LogP contribution in [-0.4, -0.2) is 30.4 Å². The molecule has 2 heterocycles. The zero-order valence-corrected chi connectivity index (χ0v) is 29.6. The second-order valence-corrected chi connectivity index (χ2v) is 13.4. The molecule has 0 saturated carbocycles. The van der Waals surface area contributed by atoms with Gasteiger partial charge in [0.2, 0.25) is 0 Å². The van der Waals surface area contributed by atoms with Crippen molar-refractivity contribution in [2.45, 2.75) is 46.4 Å². The van der Waals surface area contributed by atoms with Crippen LogP contribution in [0.25, 0.3) is 6.08 Å². The predicted octanol–water partition coefficient (Wildman–Crippen LogP) is 7.24. The number of halogens is 3. The van der Waals surface area contributed by atoms with Crippen LogP contribution in [0.2, 0.25) is 10.0 Å². The molecule has 0 amide bonds. The van der Waals surface area contributed by atoms with Crippen LogP contribution in [0.15, 0.2) is 80.1 Å². The Morgan fingerprint density at radius 1 is 1.09 bits per heavy atom. The van der Waals surface area contributed by atoms with E-state index in [-0.39, 0.29) is 30.5 Å². The number of hydrogen-bond donors (Lipinski definition) is 0. The summed E-state index contributed by atoms with van der Waals surface area (Å²) in [4.78, 5) is 32.7. The minimum absolute atomic E-state index is 0.0790. The molecule has 0 saturated heterocycles. The molecule has 0 N–H and O–H groups in total. The molecule has 4 aromatic rings. The fourth-order valence-electron chi connectivity index (χ4n) is 5.01. The Labute approximate surface area is 288 Å². The summed E-state index contributed by atoms with van der Waals surface area (Å²) in [6.45, 7) is 7.68. The lowest BCUT2D eigenvalue weighted by molar-refractivity contribution is -0.139. The lowest BCUT2D eigenvalue weighted by atomic mass is 9.95. The van der Waals surface area contributed by atoms with Crippen LogP contribution in [0.5, 0.6) is 17.2 Å². The van der Waals surface area contributed by atoms with Gasteiger partial charge < -0.3 is 18.9 Å². The van der Waals surface area contributed by atoms with E-state index in [0.717, 1.165) is 10.0 Å². The highest BCUT2D eigenvalue weighted by Gasteiger charge is 2.34. The summed E-state index contributed by atoms with van der Waals surface area (Å²) in [5.74, 6) is 1.02. The van der Waals surface area contributed by atoms with Crippen LogP contribution in [0, 0.1) is 0 Å². The summed E-state index contributed by atoms with van der Waals surface area (Å²) in [6, 6.07) is 15.3. The first kappa shape index (κ1) is 33.8. The first-order chi connectivity index (χ1) is 22.0. The first-order valence-electron chi connectivity index (χ1n) is 14.4. The highest BCUT2D eigenvalue weighted by molar-refractivity contribution is 9.10. The maximum absolute atomic E-state index is 14.2. The molecule has 1 aliphatic rings. The summed E-state index contributed by atoms with van der Waals surface area (Å²) < 4.78 is 25.9. The monoisotopic (exact) mass is 744 g/mol. The van der Waals surface area contributed by atoms with Gasteiger partial charge in [0, 0.05) is 25.6 Å². The lowest BCUT2D eigenvalue weighted by Gasteiger charge is -2.25. The third kappa shape index (κ3) is 7.20. The minimum atomic E-state index is -0.815. The quantitative estimate of drug-likeness (QED) is 0.159. The average Bonchev–Trinajstić information content (AvgIpc) is 3.30. The number of benzene rings is 3. The number of carbonyl (C=O) groups is 1. The van der Waals surface area contributed by atoms with Gasteiger partial charge in [-0.1, -0.05) is 62.6 Å². The SMILES string of the molecule is CCOC(=O)C1=C(C)N=c2s/c(=C\c3cc(Br)ccc3OCc3ccc(Cl)cc3Cl)c(=O)n2[C@@H]1c1ccc(OC(C)C)c(OC)c1. The van der Waals surface area contributed by atoms with Gasteiger partial charge in [-0.25, -0.2) is 9.79 Å². The van der Waals surface area contributed by atoms with Gasteiger partial charge in [-0.2, -0.15) is 0 Å². The van der Waals surface area contributed by atoms with Gasteiger partial charge in [0.15, 0.2) is 16.3 Å². The Balaban J connectivity index is 1.63. The molecular formula is C34H31BrCl2N2O6S. The summed E-state index contributed by atoms with van der Waals surface area (Å²) in [6.07, 6.45) is 1.68. The number of allylic oxidation sites excluding steroid dienone is 1. The fourth-order valence-corrected chi connectivity index (χ4v) is 6.89. The maximum Gasteiger partial charge on any atom is 0.338 e. The molecule has 0 aliphatic carbocycles. The van der Waals surface area contributed by atoms with Crippen molar-refractivity contribution in [2.75, 3.05) is 13.7 Å². The Bertz CT molecular complexity index is 2020. The van der Waals surface area contributed by atoms with E-state index < -0.39 is 12.0 Å². The third-order valence-corrected chi connectivity index (χ3v) is 9.10. The number of fused-ring (bicyclic) bond motifs is 1. The van der Waals surface area contributed by atoms with E-state index in [0.29, 0.717) is 53.5 Å². The number of carbonyl (C=O) groups excluding carboxylic acids is 1. The normalized spacial score (nSPS) is 14.6. The lowest BCUT2D eigenvalue weighted by Crippen LogP contribution is -2.40. The van der Waals surface area contributed by atoms with E-state index in [1.165, 1.54) is 15.9 Å². The topological polar surface area (TPSA) is 88.4 Å². The van der Waals surface area contributed by atoms with Gasteiger partial charge in [0.1, 0.15) is 12.4 Å². The van der Waals surface area contributed by atoms with Crippen LogP contribution < -0.4 is 29.1 Å².